The number of cyclic esters (lactones) is 1. The average Bonchev–Trinajstić information content (AvgIpc) is 1.59. The number of fused-ring (bicyclic) bond motifs is 6. The zero-order valence-corrected chi connectivity index (χ0v) is 76.8. The SMILES string of the molecule is COc1ccc(-c2ccc3ncc4c(c3c2)n(-c2ccc(N3CCN(C(=O)CCOCCOCCOCCOCCOCCOCCn5cc(CCCCO[C@H]6CC[C@H](C[C@@H](N)[C@@H]7CC(=O)[C@H](C)/C=C(\C)[C@@H](O)[C@@H](O)C(=O)[C@H](C)C[C@H](C)/C=C/C=C/C=C(\C)[C@@H](OC)C[C@@H]8CCC[C@@](O)(O8)C(=O)C(=O)N8CCCC[C@H]8C(=O)O7)CC6)nn5)CC3)c(C(F)(F)F)c2)c(=O)n4C)cn1. The second-order valence-corrected chi connectivity index (χ2v) is 35.0. The van der Waals surface area contributed by atoms with Gasteiger partial charge in [0.2, 0.25) is 17.6 Å². The number of hydrogen-bond donors (Lipinski definition) is 4. The Kier molecular flexibility index (Phi) is 39.1. The van der Waals surface area contributed by atoms with Crippen molar-refractivity contribution in [2.75, 3.05) is 138 Å². The molecule has 3 saturated heterocycles. The number of carbonyl (C=O) groups is 6. The molecule has 8 heterocycles. The number of aliphatic hydroxyl groups excluding tert-OH is 2. The van der Waals surface area contributed by atoms with Gasteiger partial charge in [-0.25, -0.2) is 19.3 Å². The number of hydrogen-bond acceptors (Lipinski definition) is 27. The lowest BCUT2D eigenvalue weighted by Crippen LogP contribution is -2.58. The monoisotopic (exact) mass is 1830 g/mol. The highest BCUT2D eigenvalue weighted by Crippen LogP contribution is 2.41. The van der Waals surface area contributed by atoms with E-state index in [1.54, 1.807) is 67.0 Å². The summed E-state index contributed by atoms with van der Waals surface area (Å²) in [6.45, 7) is 14.7. The molecular weight excluding hydrogens is 1700 g/mol. The van der Waals surface area contributed by atoms with Gasteiger partial charge in [0, 0.05) is 126 Å². The van der Waals surface area contributed by atoms with Crippen LogP contribution in [0.3, 0.4) is 0 Å². The number of rotatable bonds is 35. The molecule has 2 bridgehead atoms. The largest absolute Gasteiger partial charge is 0.481 e. The number of esters is 1. The summed E-state index contributed by atoms with van der Waals surface area (Å²) in [7, 11) is 4.63. The van der Waals surface area contributed by atoms with Gasteiger partial charge in [-0.3, -0.25) is 38.1 Å². The first-order valence-corrected chi connectivity index (χ1v) is 46.1. The van der Waals surface area contributed by atoms with Crippen molar-refractivity contribution < 1.29 is 109 Å². The number of alkyl halides is 3. The molecule has 11 rings (SSSR count). The third-order valence-corrected chi connectivity index (χ3v) is 25.3. The summed E-state index contributed by atoms with van der Waals surface area (Å²) < 4.78 is 113. The maximum absolute atomic E-state index is 15.0. The van der Waals surface area contributed by atoms with Gasteiger partial charge in [-0.2, -0.15) is 13.2 Å². The topological polar surface area (TPSA) is 384 Å². The van der Waals surface area contributed by atoms with Crippen molar-refractivity contribution >= 4 is 62.8 Å². The van der Waals surface area contributed by atoms with Crippen LogP contribution >= 0.6 is 0 Å². The van der Waals surface area contributed by atoms with Crippen LogP contribution in [-0.4, -0.2) is 282 Å². The molecule has 11 atom stereocenters. The number of piperazine rings is 1. The summed E-state index contributed by atoms with van der Waals surface area (Å²) in [6.07, 6.45) is 13.9. The molecule has 0 unspecified atom stereocenters. The van der Waals surface area contributed by atoms with Gasteiger partial charge in [-0.1, -0.05) is 68.5 Å². The van der Waals surface area contributed by atoms with E-state index in [0.29, 0.717) is 146 Å². The number of aromatic nitrogens is 7. The fraction of sp³-hybridized carbons (Fsp3) is 0.615. The predicted octanol–water partition coefficient (Wildman–Crippen LogP) is 10.1. The van der Waals surface area contributed by atoms with Gasteiger partial charge in [0.05, 0.1) is 157 Å². The molecule has 1 aliphatic carbocycles. The van der Waals surface area contributed by atoms with Crippen LogP contribution in [-0.2, 0) is 102 Å². The van der Waals surface area contributed by atoms with Crippen molar-refractivity contribution in [3.8, 4) is 22.7 Å². The Morgan fingerprint density at radius 1 is 0.718 bits per heavy atom. The normalized spacial score (nSPS) is 25.8. The van der Waals surface area contributed by atoms with Crippen LogP contribution in [0.1, 0.15) is 155 Å². The molecule has 4 aromatic heterocycles. The van der Waals surface area contributed by atoms with Gasteiger partial charge in [0.1, 0.15) is 30.1 Å². The van der Waals surface area contributed by atoms with Crippen molar-refractivity contribution in [2.45, 2.75) is 217 Å². The first kappa shape index (κ1) is 102. The number of amides is 2. The summed E-state index contributed by atoms with van der Waals surface area (Å²) in [5.41, 5.74) is 10.4. The number of aryl methyl sites for hydroxylation is 2. The second-order valence-electron chi connectivity index (χ2n) is 35.0. The fourth-order valence-corrected chi connectivity index (χ4v) is 17.7. The van der Waals surface area contributed by atoms with Crippen LogP contribution in [0.15, 0.2) is 120 Å². The van der Waals surface area contributed by atoms with Crippen molar-refractivity contribution in [3.63, 3.8) is 0 Å². The molecule has 32 nitrogen and oxygen atoms in total. The van der Waals surface area contributed by atoms with Gasteiger partial charge < -0.3 is 87.9 Å². The Hall–Kier alpha value is -9.34. The standard InChI is InChI=1S/C96H132F3N11O21/c1-63-17-10-9-11-18-64(2)83(121-7)58-74-20-16-33-95(120,131-74)91(116)92(117)109-34-14-12-21-80(109)93(118)130-84(59-82(111)65(3)54-67(5)89(114)90(115)88(113)66(4)53-63)77(100)55-68-22-27-73(28-23-68)129-40-15-13-19-71-62-108(104-103-71)39-42-124-44-46-126-48-50-128-52-51-127-49-47-125-45-43-123-41-32-86(112)107-37-35-106(36-38-107)79-30-26-72(57-76(79)96(97,98)99)110-87-75-56-69(70-25-31-85(122-8)102-60-70)24-29-78(75)101-61-81(87)105(6)94(110)119/h9-11,17-18,24-26,29-31,54,56-57,60-63,65-66,68,73-74,77,80,83-84,89-90,114-115,120H,12-16,19-23,27-28,32-53,55,58-59,100H2,1-8H3/b11-9+,17-10+,64-18+,67-54+/t63-,65-,66-,68-,73-,74+,77-,80+,83+,84+,89-,90+,95-/m1/s1. The molecule has 2 amide bonds. The lowest BCUT2D eigenvalue weighted by Gasteiger charge is -2.40. The smallest absolute Gasteiger partial charge is 0.418 e. The van der Waals surface area contributed by atoms with Crippen molar-refractivity contribution in [1.29, 1.82) is 0 Å². The average molecular weight is 1830 g/mol. The van der Waals surface area contributed by atoms with E-state index in [1.165, 1.54) is 41.4 Å². The molecule has 0 radical (unpaired) electrons. The van der Waals surface area contributed by atoms with Gasteiger partial charge >= 0.3 is 17.8 Å². The number of carbonyl (C=O) groups excluding carboxylic acids is 6. The number of nitrogens with two attached hydrogens (primary N) is 1. The van der Waals surface area contributed by atoms with Crippen LogP contribution in [0.4, 0.5) is 18.9 Å². The highest BCUT2D eigenvalue weighted by Gasteiger charge is 2.50. The third-order valence-electron chi connectivity index (χ3n) is 25.3. The molecular formula is C96H132F3N11O21. The Labute approximate surface area is 763 Å². The van der Waals surface area contributed by atoms with Gasteiger partial charge in [0.25, 0.3) is 11.7 Å². The summed E-state index contributed by atoms with van der Waals surface area (Å²) in [4.78, 5) is 111. The first-order valence-electron chi connectivity index (χ1n) is 46.1. The van der Waals surface area contributed by atoms with E-state index in [2.05, 4.69) is 20.3 Å². The van der Waals surface area contributed by atoms with Gasteiger partial charge in [0.15, 0.2) is 5.78 Å². The van der Waals surface area contributed by atoms with Gasteiger partial charge in [-0.15, -0.1) is 5.10 Å². The van der Waals surface area contributed by atoms with Crippen LogP contribution in [0, 0.1) is 23.7 Å². The Balaban J connectivity index is 0.518. The first-order chi connectivity index (χ1) is 63.0. The van der Waals surface area contributed by atoms with Crippen LogP contribution < -0.4 is 21.1 Å². The summed E-state index contributed by atoms with van der Waals surface area (Å²) >= 11 is 0. The summed E-state index contributed by atoms with van der Waals surface area (Å²) in [5.74, 6) is -7.62. The van der Waals surface area contributed by atoms with E-state index < -0.39 is 101 Å². The quantitative estimate of drug-likeness (QED) is 0.0124. The number of benzene rings is 2. The fourth-order valence-electron chi connectivity index (χ4n) is 17.7. The number of pyridine rings is 2. The lowest BCUT2D eigenvalue weighted by molar-refractivity contribution is -0.245. The van der Waals surface area contributed by atoms with Crippen molar-refractivity contribution in [3.05, 3.63) is 136 Å². The van der Waals surface area contributed by atoms with E-state index >= 15 is 13.2 Å². The van der Waals surface area contributed by atoms with E-state index in [0.717, 1.165) is 78.3 Å². The molecule has 718 valence electrons. The summed E-state index contributed by atoms with van der Waals surface area (Å²) in [5, 5.41) is 43.5. The number of ether oxygens (including phenoxy) is 11. The highest BCUT2D eigenvalue weighted by atomic mass is 19.4. The van der Waals surface area contributed by atoms with Crippen LogP contribution in [0.5, 0.6) is 5.88 Å². The molecule has 4 aliphatic heterocycles. The number of piperidine rings is 1. The van der Waals surface area contributed by atoms with Crippen LogP contribution in [0.2, 0.25) is 0 Å². The number of unbranched alkanes of at least 4 members (excludes halogenated alkanes) is 1. The molecule has 5 aliphatic rings. The third kappa shape index (κ3) is 28.9. The number of methoxy groups -OCH3 is 2. The molecule has 0 spiro atoms. The van der Waals surface area contributed by atoms with Gasteiger partial charge in [-0.05, 0) is 169 Å². The summed E-state index contributed by atoms with van der Waals surface area (Å²) in [6, 6.07) is 10.9. The number of halogens is 3. The molecule has 131 heavy (non-hydrogen) atoms. The minimum atomic E-state index is -4.77. The molecule has 5 N–H and O–H groups in total. The molecule has 1 saturated carbocycles. The molecule has 4 fully saturated rings. The number of nitrogens with zero attached hydrogens (tertiary/aromatic N) is 10. The Bertz CT molecular complexity index is 4920. The maximum atomic E-state index is 15.0. The maximum Gasteiger partial charge on any atom is 0.418 e. The number of imidazole rings is 1. The van der Waals surface area contributed by atoms with Crippen molar-refractivity contribution in [1.82, 2.24) is 43.9 Å². The zero-order valence-electron chi connectivity index (χ0n) is 76.8. The number of allylic oxidation sites excluding steroid dienone is 6. The van der Waals surface area contributed by atoms with E-state index in [4.69, 9.17) is 57.8 Å². The minimum absolute atomic E-state index is 0.0346. The van der Waals surface area contributed by atoms with Crippen molar-refractivity contribution in [2.24, 2.45) is 36.5 Å². The van der Waals surface area contributed by atoms with E-state index in [-0.39, 0.29) is 125 Å². The number of anilines is 1. The van der Waals surface area contributed by atoms with E-state index in [1.807, 2.05) is 68.6 Å². The lowest BCUT2D eigenvalue weighted by atomic mass is 9.81. The second kappa shape index (κ2) is 50.1. The number of aliphatic hydroxyl groups is 3. The van der Waals surface area contributed by atoms with E-state index in [9.17, 15) is 48.9 Å². The molecule has 6 aromatic rings. The van der Waals surface area contributed by atoms with Crippen LogP contribution in [0.25, 0.3) is 38.8 Å². The molecule has 2 aromatic carbocycles. The Morgan fingerprint density at radius 2 is 1.40 bits per heavy atom. The predicted molar refractivity (Wildman–Crippen MR) is 482 cm³/mol. The molecule has 35 heteroatoms. The number of Topliss-reactive ketones (excluding diaryl/α,β-unsaturated/α-hetero) is 3. The minimum Gasteiger partial charge on any atom is -0.481 e. The highest BCUT2D eigenvalue weighted by molar-refractivity contribution is 6.39. The Morgan fingerprint density at radius 3 is 2.08 bits per heavy atom. The zero-order chi connectivity index (χ0) is 93.7. The number of ketones is 3.